The largest absolute Gasteiger partial charge is 0.497 e. The van der Waals surface area contributed by atoms with Gasteiger partial charge in [-0.3, -0.25) is 14.5 Å². The molecule has 1 saturated heterocycles. The molecule has 2 heterocycles. The van der Waals surface area contributed by atoms with Crippen LogP contribution in [-0.2, 0) is 9.59 Å². The highest BCUT2D eigenvalue weighted by Gasteiger charge is 2.48. The maximum absolute atomic E-state index is 13.3. The molecule has 1 amide bonds. The molecule has 0 radical (unpaired) electrons. The van der Waals surface area contributed by atoms with Gasteiger partial charge in [0.05, 0.1) is 25.6 Å². The van der Waals surface area contributed by atoms with Crippen molar-refractivity contribution in [2.45, 2.75) is 31.8 Å². The summed E-state index contributed by atoms with van der Waals surface area (Å²) in [5, 5.41) is 13.5. The first kappa shape index (κ1) is 25.6. The first-order chi connectivity index (χ1) is 18.4. The molecule has 198 valence electrons. The minimum Gasteiger partial charge on any atom is -0.497 e. The Morgan fingerprint density at radius 3 is 2.47 bits per heavy atom. The fourth-order valence-corrected chi connectivity index (χ4v) is 5.69. The Morgan fingerprint density at radius 2 is 1.76 bits per heavy atom. The van der Waals surface area contributed by atoms with E-state index in [2.05, 4.69) is 5.32 Å². The number of likely N-dealkylation sites (tertiary alicyclic amines) is 1. The fraction of sp³-hybridized carbons (Fsp3) is 0.333. The molecular formula is C30H32N2O6. The molecule has 0 spiro atoms. The lowest BCUT2D eigenvalue weighted by atomic mass is 9.82. The van der Waals surface area contributed by atoms with Gasteiger partial charge in [0, 0.05) is 18.5 Å². The van der Waals surface area contributed by atoms with Gasteiger partial charge in [0.15, 0.2) is 11.5 Å². The highest BCUT2D eigenvalue weighted by atomic mass is 16.7. The Kier molecular flexibility index (Phi) is 7.24. The third-order valence-electron chi connectivity index (χ3n) is 7.54. The van der Waals surface area contributed by atoms with Crippen LogP contribution in [0.2, 0.25) is 0 Å². The van der Waals surface area contributed by atoms with Crippen molar-refractivity contribution in [2.75, 3.05) is 27.0 Å². The van der Waals surface area contributed by atoms with E-state index in [1.165, 1.54) is 0 Å². The van der Waals surface area contributed by atoms with Gasteiger partial charge in [-0.2, -0.15) is 0 Å². The summed E-state index contributed by atoms with van der Waals surface area (Å²) in [6.07, 6.45) is 0. The highest BCUT2D eigenvalue weighted by Crippen LogP contribution is 2.47. The number of nitrogens with one attached hydrogen (secondary N) is 1. The average molecular weight is 517 g/mol. The molecule has 2 aliphatic heterocycles. The molecule has 8 nitrogen and oxygen atoms in total. The molecule has 38 heavy (non-hydrogen) atoms. The zero-order chi connectivity index (χ0) is 26.8. The van der Waals surface area contributed by atoms with E-state index < -0.39 is 17.9 Å². The number of benzene rings is 3. The molecule has 1 fully saturated rings. The van der Waals surface area contributed by atoms with E-state index in [4.69, 9.17) is 14.2 Å². The lowest BCUT2D eigenvalue weighted by molar-refractivity contribution is -0.143. The summed E-state index contributed by atoms with van der Waals surface area (Å²) in [4.78, 5) is 28.0. The van der Waals surface area contributed by atoms with Crippen molar-refractivity contribution >= 4 is 11.9 Å². The summed E-state index contributed by atoms with van der Waals surface area (Å²) in [6, 6.07) is 20.2. The average Bonchev–Trinajstić information content (AvgIpc) is 3.53. The standard InChI is InChI=1S/C30H32N2O6/c1-18-6-4-5-7-23(18)19(2)31-27(33)16-32-15-24(21-10-13-25-26(14-21)38-17-37-25)28(30(34)35)29(32)20-8-11-22(36-3)12-9-20/h4-14,19,24,28-29H,15-17H2,1-3H3,(H,31,33)(H,34,35)/t19?,24-,28-,29+/m1/s1. The van der Waals surface area contributed by atoms with Gasteiger partial charge in [-0.25, -0.2) is 0 Å². The van der Waals surface area contributed by atoms with E-state index in [-0.39, 0.29) is 31.2 Å². The van der Waals surface area contributed by atoms with Gasteiger partial charge < -0.3 is 24.6 Å². The second kappa shape index (κ2) is 10.8. The number of ether oxygens (including phenoxy) is 3. The third-order valence-corrected chi connectivity index (χ3v) is 7.54. The maximum atomic E-state index is 13.3. The van der Waals surface area contributed by atoms with E-state index in [1.54, 1.807) is 7.11 Å². The molecule has 5 rings (SSSR count). The van der Waals surface area contributed by atoms with Gasteiger partial charge in [-0.15, -0.1) is 0 Å². The van der Waals surface area contributed by atoms with E-state index in [9.17, 15) is 14.7 Å². The summed E-state index contributed by atoms with van der Waals surface area (Å²) in [5.41, 5.74) is 3.82. The smallest absolute Gasteiger partial charge is 0.309 e. The summed E-state index contributed by atoms with van der Waals surface area (Å²) >= 11 is 0. The van der Waals surface area contributed by atoms with Crippen LogP contribution in [0.1, 0.15) is 47.2 Å². The van der Waals surface area contributed by atoms with Crippen LogP contribution in [0.15, 0.2) is 66.7 Å². The fourth-order valence-electron chi connectivity index (χ4n) is 5.69. The van der Waals surface area contributed by atoms with Crippen molar-refractivity contribution in [2.24, 2.45) is 5.92 Å². The van der Waals surface area contributed by atoms with Crippen LogP contribution in [0.4, 0.5) is 0 Å². The van der Waals surface area contributed by atoms with Crippen molar-refractivity contribution in [1.82, 2.24) is 10.2 Å². The number of aliphatic carboxylic acids is 1. The van der Waals surface area contributed by atoms with Crippen molar-refractivity contribution < 1.29 is 28.9 Å². The van der Waals surface area contributed by atoms with Crippen LogP contribution in [0, 0.1) is 12.8 Å². The normalized spacial score (nSPS) is 21.2. The van der Waals surface area contributed by atoms with Crippen LogP contribution in [-0.4, -0.2) is 48.9 Å². The Hall–Kier alpha value is -4.04. The third kappa shape index (κ3) is 5.04. The minimum atomic E-state index is -0.912. The Balaban J connectivity index is 1.45. The summed E-state index contributed by atoms with van der Waals surface area (Å²) in [6.45, 7) is 4.59. The molecule has 0 saturated carbocycles. The monoisotopic (exact) mass is 516 g/mol. The number of hydrogen-bond acceptors (Lipinski definition) is 6. The SMILES string of the molecule is COc1ccc([C@H]2[C@H](C(=O)O)[C@@H](c3ccc4c(c3)OCO4)CN2CC(=O)NC(C)c2ccccc2C)cc1. The Labute approximate surface area is 222 Å². The Morgan fingerprint density at radius 1 is 1.05 bits per heavy atom. The topological polar surface area (TPSA) is 97.3 Å². The number of methoxy groups -OCH3 is 1. The second-order valence-corrected chi connectivity index (χ2v) is 9.88. The molecule has 1 unspecified atom stereocenters. The number of carbonyl (C=O) groups excluding carboxylic acids is 1. The molecule has 3 aromatic carbocycles. The van der Waals surface area contributed by atoms with Crippen LogP contribution in [0.5, 0.6) is 17.2 Å². The number of carboxylic acid groups (broad SMARTS) is 1. The lowest BCUT2D eigenvalue weighted by Gasteiger charge is -2.27. The highest BCUT2D eigenvalue weighted by molar-refractivity contribution is 5.79. The molecule has 3 aromatic rings. The van der Waals surface area contributed by atoms with E-state index >= 15 is 0 Å². The first-order valence-corrected chi connectivity index (χ1v) is 12.7. The van der Waals surface area contributed by atoms with Gasteiger partial charge in [0.25, 0.3) is 0 Å². The van der Waals surface area contributed by atoms with Gasteiger partial charge in [-0.1, -0.05) is 42.5 Å². The number of hydrogen-bond donors (Lipinski definition) is 2. The number of carboxylic acids is 1. The van der Waals surface area contributed by atoms with E-state index in [1.807, 2.05) is 85.5 Å². The van der Waals surface area contributed by atoms with Gasteiger partial charge >= 0.3 is 5.97 Å². The molecule has 4 atom stereocenters. The van der Waals surface area contributed by atoms with Crippen LogP contribution in [0.3, 0.4) is 0 Å². The van der Waals surface area contributed by atoms with Crippen molar-refractivity contribution in [3.63, 3.8) is 0 Å². The van der Waals surface area contributed by atoms with Crippen molar-refractivity contribution in [3.8, 4) is 17.2 Å². The minimum absolute atomic E-state index is 0.0672. The summed E-state index contributed by atoms with van der Waals surface area (Å²) in [7, 11) is 1.59. The van der Waals surface area contributed by atoms with Crippen LogP contribution < -0.4 is 19.5 Å². The van der Waals surface area contributed by atoms with Crippen LogP contribution >= 0.6 is 0 Å². The number of nitrogens with zero attached hydrogens (tertiary/aromatic N) is 1. The van der Waals surface area contributed by atoms with Crippen molar-refractivity contribution in [1.29, 1.82) is 0 Å². The van der Waals surface area contributed by atoms with Gasteiger partial charge in [-0.05, 0) is 60.4 Å². The predicted octanol–water partition coefficient (Wildman–Crippen LogP) is 4.45. The zero-order valence-electron chi connectivity index (χ0n) is 21.7. The Bertz CT molecular complexity index is 1320. The predicted molar refractivity (Wildman–Crippen MR) is 141 cm³/mol. The molecule has 0 bridgehead atoms. The van der Waals surface area contributed by atoms with Gasteiger partial charge in [0.1, 0.15) is 5.75 Å². The molecule has 0 aromatic heterocycles. The number of aryl methyl sites for hydroxylation is 1. The maximum Gasteiger partial charge on any atom is 0.309 e. The molecule has 0 aliphatic carbocycles. The zero-order valence-corrected chi connectivity index (χ0v) is 21.7. The van der Waals surface area contributed by atoms with E-state index in [0.29, 0.717) is 23.8 Å². The number of carbonyl (C=O) groups is 2. The summed E-state index contributed by atoms with van der Waals surface area (Å²) < 4.78 is 16.3. The number of rotatable bonds is 8. The van der Waals surface area contributed by atoms with E-state index in [0.717, 1.165) is 22.3 Å². The molecular weight excluding hydrogens is 484 g/mol. The summed E-state index contributed by atoms with van der Waals surface area (Å²) in [5.74, 6) is -0.259. The molecule has 2 aliphatic rings. The lowest BCUT2D eigenvalue weighted by Crippen LogP contribution is -2.39. The quantitative estimate of drug-likeness (QED) is 0.457. The molecule has 2 N–H and O–H groups in total. The number of amides is 1. The molecule has 8 heteroatoms. The number of fused-ring (bicyclic) bond motifs is 1. The first-order valence-electron chi connectivity index (χ1n) is 12.7. The van der Waals surface area contributed by atoms with Gasteiger partial charge in [0.2, 0.25) is 12.7 Å². The van der Waals surface area contributed by atoms with Crippen LogP contribution in [0.25, 0.3) is 0 Å². The second-order valence-electron chi connectivity index (χ2n) is 9.88. The van der Waals surface area contributed by atoms with Crippen molar-refractivity contribution in [3.05, 3.63) is 89.0 Å².